The molecule has 0 spiro atoms. The second-order valence-electron chi connectivity index (χ2n) is 6.70. The minimum absolute atomic E-state index is 0.0856. The van der Waals surface area contributed by atoms with E-state index in [1.807, 2.05) is 6.07 Å². The Morgan fingerprint density at radius 3 is 2.79 bits per heavy atom. The molecule has 2 aromatic rings. The van der Waals surface area contributed by atoms with Crippen LogP contribution >= 0.6 is 23.4 Å². The Labute approximate surface area is 179 Å². The number of halogens is 1. The molecule has 29 heavy (non-hydrogen) atoms. The van der Waals surface area contributed by atoms with Gasteiger partial charge in [-0.25, -0.2) is 0 Å². The molecule has 3 rings (SSSR count). The quantitative estimate of drug-likeness (QED) is 0.472. The molecule has 1 aliphatic rings. The molecule has 1 aliphatic heterocycles. The van der Waals surface area contributed by atoms with Crippen LogP contribution in [0.1, 0.15) is 28.4 Å². The van der Waals surface area contributed by atoms with Crippen molar-refractivity contribution in [3.63, 3.8) is 0 Å². The van der Waals surface area contributed by atoms with E-state index in [0.29, 0.717) is 29.4 Å². The fourth-order valence-corrected chi connectivity index (χ4v) is 5.60. The highest BCUT2D eigenvalue weighted by atomic mass is 35.5. The number of ether oxygens (including phenoxy) is 2. The van der Waals surface area contributed by atoms with Crippen LogP contribution in [-0.2, 0) is 27.7 Å². The first-order valence-electron chi connectivity index (χ1n) is 9.15. The van der Waals surface area contributed by atoms with Gasteiger partial charge >= 0.3 is 0 Å². The van der Waals surface area contributed by atoms with Crippen LogP contribution in [0.2, 0.25) is 5.02 Å². The predicted octanol–water partition coefficient (Wildman–Crippen LogP) is 4.28. The second-order valence-corrected chi connectivity index (χ2v) is 9.84. The number of hydrogen-bond acceptors (Lipinski definition) is 6. The molecule has 0 aromatic heterocycles. The number of benzene rings is 2. The predicted molar refractivity (Wildman–Crippen MR) is 114 cm³/mol. The molecule has 6 nitrogen and oxygen atoms in total. The third kappa shape index (κ3) is 5.38. The van der Waals surface area contributed by atoms with Crippen molar-refractivity contribution in [3.8, 4) is 11.5 Å². The number of phenolic OH excluding ortho intramolecular Hbond substituents is 1. The summed E-state index contributed by atoms with van der Waals surface area (Å²) in [7, 11) is -2.77. The number of thioether (sulfide) groups is 1. The van der Waals surface area contributed by atoms with E-state index in [0.717, 1.165) is 29.7 Å². The third-order valence-corrected chi connectivity index (χ3v) is 7.31. The lowest BCUT2D eigenvalue weighted by molar-refractivity contribution is 0.138. The summed E-state index contributed by atoms with van der Waals surface area (Å²) in [5, 5.41) is 10.5. The van der Waals surface area contributed by atoms with Gasteiger partial charge in [0.25, 0.3) is 10.1 Å². The van der Waals surface area contributed by atoms with Gasteiger partial charge in [0.2, 0.25) is 0 Å². The standard InChI is InChI=1S/C20H23ClO6S2/c1-26-20-16-3-2-10-28-18(15(16)5-6-17(20)22)12-27-9-8-13-11-14(21)4-7-19(13)29(23,24)25/h4-7,11,18,22H,2-3,8-10,12H2,1H3,(H,23,24,25). The van der Waals surface area contributed by atoms with E-state index < -0.39 is 10.1 Å². The van der Waals surface area contributed by atoms with E-state index in [1.165, 1.54) is 18.2 Å². The van der Waals surface area contributed by atoms with Gasteiger partial charge in [-0.15, -0.1) is 0 Å². The maximum atomic E-state index is 11.5. The van der Waals surface area contributed by atoms with E-state index in [9.17, 15) is 18.1 Å². The minimum atomic E-state index is -4.32. The number of aromatic hydroxyl groups is 1. The third-order valence-electron chi connectivity index (χ3n) is 4.80. The molecule has 9 heteroatoms. The zero-order valence-corrected chi connectivity index (χ0v) is 18.3. The van der Waals surface area contributed by atoms with Crippen LogP contribution in [0, 0.1) is 0 Å². The number of rotatable bonds is 7. The Morgan fingerprint density at radius 2 is 2.07 bits per heavy atom. The molecule has 2 aromatic carbocycles. The van der Waals surface area contributed by atoms with Crippen molar-refractivity contribution < 1.29 is 27.6 Å². The first kappa shape index (κ1) is 22.2. The van der Waals surface area contributed by atoms with Crippen molar-refractivity contribution in [2.45, 2.75) is 29.4 Å². The van der Waals surface area contributed by atoms with Crippen molar-refractivity contribution in [2.75, 3.05) is 26.1 Å². The summed E-state index contributed by atoms with van der Waals surface area (Å²) in [6, 6.07) is 7.80. The zero-order valence-electron chi connectivity index (χ0n) is 15.9. The Bertz CT molecular complexity index is 977. The van der Waals surface area contributed by atoms with E-state index in [1.54, 1.807) is 24.9 Å². The summed E-state index contributed by atoms with van der Waals surface area (Å²) in [5.41, 5.74) is 2.51. The van der Waals surface area contributed by atoms with Gasteiger partial charge in [0.15, 0.2) is 11.5 Å². The normalized spacial score (nSPS) is 16.9. The second kappa shape index (κ2) is 9.57. The molecular weight excluding hydrogens is 436 g/mol. The van der Waals surface area contributed by atoms with Crippen molar-refractivity contribution in [1.82, 2.24) is 0 Å². The van der Waals surface area contributed by atoms with Crippen molar-refractivity contribution in [1.29, 1.82) is 0 Å². The van der Waals surface area contributed by atoms with Gasteiger partial charge in [0.1, 0.15) is 0 Å². The van der Waals surface area contributed by atoms with E-state index in [2.05, 4.69) is 0 Å². The van der Waals surface area contributed by atoms with Crippen LogP contribution in [0.4, 0.5) is 0 Å². The smallest absolute Gasteiger partial charge is 0.294 e. The lowest BCUT2D eigenvalue weighted by atomic mass is 9.99. The van der Waals surface area contributed by atoms with Gasteiger partial charge in [0.05, 0.1) is 30.5 Å². The van der Waals surface area contributed by atoms with Crippen LogP contribution in [0.25, 0.3) is 0 Å². The fraction of sp³-hybridized carbons (Fsp3) is 0.400. The average Bonchev–Trinajstić information content (AvgIpc) is 2.86. The average molecular weight is 459 g/mol. The molecule has 1 unspecified atom stereocenters. The zero-order chi connectivity index (χ0) is 21.0. The van der Waals surface area contributed by atoms with Crippen LogP contribution in [0.15, 0.2) is 35.2 Å². The molecule has 1 heterocycles. The van der Waals surface area contributed by atoms with Gasteiger partial charge in [-0.2, -0.15) is 20.2 Å². The molecule has 2 N–H and O–H groups in total. The monoisotopic (exact) mass is 458 g/mol. The van der Waals surface area contributed by atoms with Crippen LogP contribution < -0.4 is 4.74 Å². The van der Waals surface area contributed by atoms with Crippen LogP contribution in [0.5, 0.6) is 11.5 Å². The highest BCUT2D eigenvalue weighted by molar-refractivity contribution is 7.99. The van der Waals surface area contributed by atoms with Crippen molar-refractivity contribution in [3.05, 3.63) is 52.0 Å². The first-order chi connectivity index (χ1) is 13.8. The number of fused-ring (bicyclic) bond motifs is 1. The van der Waals surface area contributed by atoms with Gasteiger partial charge in [-0.3, -0.25) is 4.55 Å². The Hall–Kier alpha value is -1.45. The topological polar surface area (TPSA) is 93.1 Å². The fourth-order valence-electron chi connectivity index (χ4n) is 3.49. The van der Waals surface area contributed by atoms with Gasteiger partial charge in [0, 0.05) is 10.6 Å². The van der Waals surface area contributed by atoms with E-state index in [-0.39, 0.29) is 22.5 Å². The van der Waals surface area contributed by atoms with Gasteiger partial charge in [-0.05, 0) is 60.4 Å². The van der Waals surface area contributed by atoms with E-state index >= 15 is 0 Å². The summed E-state index contributed by atoms with van der Waals surface area (Å²) in [6.07, 6.45) is 2.11. The first-order valence-corrected chi connectivity index (χ1v) is 12.0. The highest BCUT2D eigenvalue weighted by Crippen LogP contribution is 2.42. The minimum Gasteiger partial charge on any atom is -0.504 e. The Morgan fingerprint density at radius 1 is 1.28 bits per heavy atom. The SMILES string of the molecule is COc1c(O)ccc2c1CCCSC2COCCc1cc(Cl)ccc1S(=O)(=O)O. The molecule has 0 saturated carbocycles. The number of methoxy groups -OCH3 is 1. The molecule has 0 aliphatic carbocycles. The molecule has 0 saturated heterocycles. The maximum absolute atomic E-state index is 11.5. The van der Waals surface area contributed by atoms with Gasteiger partial charge < -0.3 is 14.6 Å². The van der Waals surface area contributed by atoms with Gasteiger partial charge in [-0.1, -0.05) is 17.7 Å². The summed E-state index contributed by atoms with van der Waals surface area (Å²) >= 11 is 7.75. The molecular formula is C20H23ClO6S2. The Kier molecular flexibility index (Phi) is 7.34. The Balaban J connectivity index is 1.69. The largest absolute Gasteiger partial charge is 0.504 e. The van der Waals surface area contributed by atoms with Crippen molar-refractivity contribution >= 4 is 33.5 Å². The summed E-state index contributed by atoms with van der Waals surface area (Å²) in [4.78, 5) is -0.153. The van der Waals surface area contributed by atoms with Crippen LogP contribution in [-0.4, -0.2) is 44.2 Å². The highest BCUT2D eigenvalue weighted by Gasteiger charge is 2.24. The van der Waals surface area contributed by atoms with Crippen LogP contribution in [0.3, 0.4) is 0 Å². The lowest BCUT2D eigenvalue weighted by Gasteiger charge is -2.20. The maximum Gasteiger partial charge on any atom is 0.294 e. The molecule has 0 fully saturated rings. The van der Waals surface area contributed by atoms with E-state index in [4.69, 9.17) is 21.1 Å². The summed E-state index contributed by atoms with van der Waals surface area (Å²) < 4.78 is 43.7. The van der Waals surface area contributed by atoms with Crippen molar-refractivity contribution in [2.24, 2.45) is 0 Å². The summed E-state index contributed by atoms with van der Waals surface area (Å²) in [6.45, 7) is 0.720. The molecule has 0 radical (unpaired) electrons. The number of hydrogen-bond donors (Lipinski definition) is 2. The molecule has 158 valence electrons. The molecule has 0 amide bonds. The number of phenols is 1. The summed E-state index contributed by atoms with van der Waals surface area (Å²) in [5.74, 6) is 1.62. The molecule has 1 atom stereocenters. The lowest BCUT2D eigenvalue weighted by Crippen LogP contribution is -2.10. The molecule has 0 bridgehead atoms.